The van der Waals surface area contributed by atoms with Crippen LogP contribution in [0.2, 0.25) is 0 Å². The van der Waals surface area contributed by atoms with Gasteiger partial charge < -0.3 is 15.7 Å². The number of aliphatic imine (C=N–C) groups is 1. The Bertz CT molecular complexity index is 1230. The molecule has 2 aromatic rings. The van der Waals surface area contributed by atoms with E-state index in [1.165, 1.54) is 16.7 Å². The Labute approximate surface area is 203 Å². The Balaban J connectivity index is 1.34. The molecule has 9 nitrogen and oxygen atoms in total. The summed E-state index contributed by atoms with van der Waals surface area (Å²) in [7, 11) is 0. The van der Waals surface area contributed by atoms with Crippen LogP contribution in [0.1, 0.15) is 52.7 Å². The number of carbonyl (C=O) groups excluding carboxylic acids is 1. The van der Waals surface area contributed by atoms with Crippen LogP contribution in [0.4, 0.5) is 0 Å². The molecule has 0 radical (unpaired) electrons. The van der Waals surface area contributed by atoms with Crippen LogP contribution in [-0.2, 0) is 17.6 Å². The summed E-state index contributed by atoms with van der Waals surface area (Å²) < 4.78 is 0. The molecule has 2 heterocycles. The predicted molar refractivity (Wildman–Crippen MR) is 133 cm³/mol. The van der Waals surface area contributed by atoms with Gasteiger partial charge in [-0.25, -0.2) is 15.2 Å². The van der Waals surface area contributed by atoms with E-state index < -0.39 is 17.9 Å². The number of carboxylic acids is 1. The number of carboxylic acid groups (broad SMARTS) is 1. The predicted octanol–water partition coefficient (Wildman–Crippen LogP) is 2.30. The average molecular weight is 473 g/mol. The molecular formula is C26H28N6O3. The number of guanidine groups is 1. The molecule has 1 aromatic carbocycles. The third kappa shape index (κ3) is 5.08. The summed E-state index contributed by atoms with van der Waals surface area (Å²) in [4.78, 5) is 33.2. The second-order valence-electron chi connectivity index (χ2n) is 8.94. The number of aliphatic carboxylic acids is 1. The highest BCUT2D eigenvalue weighted by molar-refractivity contribution is 6.09. The third-order valence-corrected chi connectivity index (χ3v) is 6.63. The number of aromatic nitrogens is 1. The number of nitrogens with one attached hydrogen (secondary N) is 3. The zero-order chi connectivity index (χ0) is 24.2. The maximum Gasteiger partial charge on any atom is 0.326 e. The first-order valence-electron chi connectivity index (χ1n) is 12.0. The van der Waals surface area contributed by atoms with Crippen LogP contribution in [-0.4, -0.2) is 52.8 Å². The van der Waals surface area contributed by atoms with Crippen LogP contribution in [0.15, 0.2) is 58.4 Å². The highest BCUT2D eigenvalue weighted by Crippen LogP contribution is 2.39. The second kappa shape index (κ2) is 10.1. The molecule has 1 unspecified atom stereocenters. The lowest BCUT2D eigenvalue weighted by atomic mass is 9.95. The van der Waals surface area contributed by atoms with Crippen LogP contribution in [0.3, 0.4) is 0 Å². The molecule has 5 rings (SSSR count). The maximum atomic E-state index is 13.0. The maximum absolute atomic E-state index is 13.0. The molecule has 9 heteroatoms. The SMILES string of the molecule is O=C(NC(Cc1cccnc1)C(=O)O)c1ccc2c(c1)CCC(=NNC1=NCCN1)C1=C2CCC1. The number of hydrogen-bond donors (Lipinski definition) is 4. The first-order valence-corrected chi connectivity index (χ1v) is 12.0. The van der Waals surface area contributed by atoms with Crippen molar-refractivity contribution in [3.05, 3.63) is 70.6 Å². The molecule has 4 N–H and O–H groups in total. The number of aryl methyl sites for hydroxylation is 1. The minimum atomic E-state index is -1.08. The fraction of sp³-hybridized carbons (Fsp3) is 0.346. The number of rotatable bonds is 6. The molecule has 3 aliphatic rings. The van der Waals surface area contributed by atoms with Crippen molar-refractivity contribution in [2.45, 2.75) is 44.6 Å². The van der Waals surface area contributed by atoms with Crippen molar-refractivity contribution in [2.24, 2.45) is 10.1 Å². The van der Waals surface area contributed by atoms with E-state index in [0.717, 1.165) is 62.0 Å². The number of allylic oxidation sites excluding steroid dienone is 2. The first-order chi connectivity index (χ1) is 17.1. The van der Waals surface area contributed by atoms with Crippen LogP contribution in [0.25, 0.3) is 5.57 Å². The number of amides is 1. The second-order valence-corrected chi connectivity index (χ2v) is 8.94. The van der Waals surface area contributed by atoms with Gasteiger partial charge in [-0.3, -0.25) is 9.78 Å². The molecule has 0 bridgehead atoms. The van der Waals surface area contributed by atoms with Crippen LogP contribution < -0.4 is 16.1 Å². The average Bonchev–Trinajstić information content (AvgIpc) is 3.54. The zero-order valence-corrected chi connectivity index (χ0v) is 19.4. The third-order valence-electron chi connectivity index (χ3n) is 6.63. The van der Waals surface area contributed by atoms with Gasteiger partial charge in [0, 0.05) is 30.9 Å². The summed E-state index contributed by atoms with van der Waals surface area (Å²) in [6.45, 7) is 1.57. The van der Waals surface area contributed by atoms with E-state index in [9.17, 15) is 14.7 Å². The van der Waals surface area contributed by atoms with Gasteiger partial charge in [0.25, 0.3) is 5.91 Å². The molecule has 180 valence electrons. The molecule has 0 saturated carbocycles. The molecule has 0 saturated heterocycles. The Hall–Kier alpha value is -4.01. The molecule has 1 amide bonds. The van der Waals surface area contributed by atoms with Crippen LogP contribution in [0.5, 0.6) is 0 Å². The molecule has 1 aromatic heterocycles. The van der Waals surface area contributed by atoms with Gasteiger partial charge in [-0.2, -0.15) is 5.10 Å². The van der Waals surface area contributed by atoms with E-state index in [4.69, 9.17) is 0 Å². The van der Waals surface area contributed by atoms with E-state index >= 15 is 0 Å². The Morgan fingerprint density at radius 1 is 1.14 bits per heavy atom. The van der Waals surface area contributed by atoms with Crippen molar-refractivity contribution < 1.29 is 14.7 Å². The van der Waals surface area contributed by atoms with Crippen molar-refractivity contribution in [2.75, 3.05) is 13.1 Å². The minimum Gasteiger partial charge on any atom is -0.480 e. The number of carbonyl (C=O) groups is 2. The normalized spacial score (nSPS) is 18.7. The van der Waals surface area contributed by atoms with Crippen LogP contribution in [0, 0.1) is 0 Å². The van der Waals surface area contributed by atoms with Gasteiger partial charge in [0.15, 0.2) is 0 Å². The fourth-order valence-corrected chi connectivity index (χ4v) is 4.91. The Morgan fingerprint density at radius 2 is 2.03 bits per heavy atom. The monoisotopic (exact) mass is 472 g/mol. The molecule has 0 spiro atoms. The summed E-state index contributed by atoms with van der Waals surface area (Å²) in [6, 6.07) is 8.20. The molecular weight excluding hydrogens is 444 g/mol. The quantitative estimate of drug-likeness (QED) is 0.478. The zero-order valence-electron chi connectivity index (χ0n) is 19.4. The molecule has 1 atom stereocenters. The van der Waals surface area contributed by atoms with Crippen molar-refractivity contribution in [1.82, 2.24) is 21.0 Å². The van der Waals surface area contributed by atoms with Gasteiger partial charge in [0.05, 0.1) is 12.3 Å². The number of pyridine rings is 1. The van der Waals surface area contributed by atoms with Crippen LogP contribution >= 0.6 is 0 Å². The van der Waals surface area contributed by atoms with Gasteiger partial charge in [-0.15, -0.1) is 0 Å². The number of hydrogen-bond acceptors (Lipinski definition) is 7. The van der Waals surface area contributed by atoms with E-state index in [2.05, 4.69) is 31.1 Å². The minimum absolute atomic E-state index is 0.170. The Morgan fingerprint density at radius 3 is 2.80 bits per heavy atom. The lowest BCUT2D eigenvalue weighted by Crippen LogP contribution is -2.42. The van der Waals surface area contributed by atoms with Gasteiger partial charge in [0.1, 0.15) is 6.04 Å². The van der Waals surface area contributed by atoms with E-state index in [-0.39, 0.29) is 6.42 Å². The summed E-state index contributed by atoms with van der Waals surface area (Å²) in [6.07, 6.45) is 7.98. The van der Waals surface area contributed by atoms with Crippen molar-refractivity contribution in [3.8, 4) is 0 Å². The number of fused-ring (bicyclic) bond motifs is 2. The summed E-state index contributed by atoms with van der Waals surface area (Å²) in [5.41, 5.74) is 10.2. The number of benzene rings is 1. The summed E-state index contributed by atoms with van der Waals surface area (Å²) >= 11 is 0. The van der Waals surface area contributed by atoms with Gasteiger partial charge >= 0.3 is 5.97 Å². The van der Waals surface area contributed by atoms with Crippen molar-refractivity contribution in [3.63, 3.8) is 0 Å². The highest BCUT2D eigenvalue weighted by atomic mass is 16.4. The van der Waals surface area contributed by atoms with E-state index in [1.807, 2.05) is 12.1 Å². The molecule has 35 heavy (non-hydrogen) atoms. The summed E-state index contributed by atoms with van der Waals surface area (Å²) in [5.74, 6) is -0.764. The van der Waals surface area contributed by atoms with Gasteiger partial charge in [0.2, 0.25) is 5.96 Å². The summed E-state index contributed by atoms with van der Waals surface area (Å²) in [5, 5.41) is 20.2. The molecule has 1 aliphatic heterocycles. The molecule has 2 aliphatic carbocycles. The lowest BCUT2D eigenvalue weighted by Gasteiger charge is -2.16. The Kier molecular flexibility index (Phi) is 6.56. The van der Waals surface area contributed by atoms with E-state index in [0.29, 0.717) is 11.5 Å². The highest BCUT2D eigenvalue weighted by Gasteiger charge is 2.27. The smallest absolute Gasteiger partial charge is 0.326 e. The first kappa shape index (κ1) is 22.8. The van der Waals surface area contributed by atoms with Crippen molar-refractivity contribution >= 4 is 29.1 Å². The van der Waals surface area contributed by atoms with Gasteiger partial charge in [-0.05, 0) is 78.1 Å². The topological polar surface area (TPSA) is 128 Å². The fourth-order valence-electron chi connectivity index (χ4n) is 4.91. The van der Waals surface area contributed by atoms with Crippen molar-refractivity contribution in [1.29, 1.82) is 0 Å². The van der Waals surface area contributed by atoms with E-state index in [1.54, 1.807) is 30.6 Å². The van der Waals surface area contributed by atoms with Gasteiger partial charge in [-0.1, -0.05) is 12.1 Å². The largest absolute Gasteiger partial charge is 0.480 e. The number of hydrazone groups is 1. The molecule has 0 fully saturated rings. The number of nitrogens with zero attached hydrogens (tertiary/aromatic N) is 3. The standard InChI is InChI=1S/C26H28N6O3/c33-24(30-23(25(34)35)13-16-3-2-10-27-15-16)18-6-8-19-17(14-18)7-9-22(21-5-1-4-20(19)21)31-32-26-28-11-12-29-26/h2-3,6,8,10,14-15,23H,1,4-5,7,9,11-13H2,(H,30,33)(H,34,35)(H2,28,29,32). The lowest BCUT2D eigenvalue weighted by molar-refractivity contribution is -0.139.